The molecule has 0 aromatic rings. The summed E-state index contributed by atoms with van der Waals surface area (Å²) in [5, 5.41) is 0. The molecule has 0 aliphatic heterocycles. The second-order valence-corrected chi connectivity index (χ2v) is 1.40. The lowest BCUT2D eigenvalue weighted by Crippen LogP contribution is -2.60. The summed E-state index contributed by atoms with van der Waals surface area (Å²) < 4.78 is 30.0. The summed E-state index contributed by atoms with van der Waals surface area (Å²) in [7, 11) is -0.507. The van der Waals surface area contributed by atoms with Gasteiger partial charge in [0.1, 0.15) is 0 Å². The second-order valence-electron chi connectivity index (χ2n) is 0.467. The van der Waals surface area contributed by atoms with E-state index in [2.05, 4.69) is 12.3 Å². The van der Waals surface area contributed by atoms with Gasteiger partial charge in [0.25, 0.3) is 0 Å². The Labute approximate surface area is 43.7 Å². The van der Waals surface area contributed by atoms with E-state index in [1.807, 2.05) is 0 Å². The van der Waals surface area contributed by atoms with E-state index in [-0.39, 0.29) is 6.15 Å². The Hall–Kier alpha value is 0.155. The SMILES string of the molecule is N.[B]O[Cl+3]([O-])([O-])[O-]. The van der Waals surface area contributed by atoms with Crippen LogP contribution in [0.3, 0.4) is 0 Å². The number of halogens is 1. The van der Waals surface area contributed by atoms with E-state index in [9.17, 15) is 0 Å². The molecule has 0 amide bonds. The number of rotatable bonds is 1. The minimum absolute atomic E-state index is 0. The standard InChI is InChI=1S/BClO4.H3N/c1-6-2(3,4)5;/h;1H3. The number of hydrogen-bond donors (Lipinski definition) is 1. The van der Waals surface area contributed by atoms with Crippen molar-refractivity contribution < 1.29 is 28.4 Å². The molecule has 0 aliphatic rings. The van der Waals surface area contributed by atoms with Crippen molar-refractivity contribution in [3.63, 3.8) is 0 Å². The Morgan fingerprint density at radius 3 is 1.43 bits per heavy atom. The van der Waals surface area contributed by atoms with Gasteiger partial charge in [0.2, 0.25) is 0 Å². The zero-order valence-corrected chi connectivity index (χ0v) is 4.05. The Kier molecular flexibility index (Phi) is 4.66. The molecule has 0 spiro atoms. The molecule has 0 atom stereocenters. The second kappa shape index (κ2) is 3.19. The average molecular weight is 127 g/mol. The van der Waals surface area contributed by atoms with E-state index in [0.717, 1.165) is 0 Å². The van der Waals surface area contributed by atoms with Gasteiger partial charge in [-0.05, 0) is 4.21 Å². The summed E-state index contributed by atoms with van der Waals surface area (Å²) in [5.41, 5.74) is 0. The van der Waals surface area contributed by atoms with Crippen LogP contribution in [-0.2, 0) is 4.21 Å². The lowest BCUT2D eigenvalue weighted by Gasteiger charge is -2.10. The molecule has 0 fully saturated rings. The molecule has 0 saturated carbocycles. The minimum Gasteiger partial charge on any atom is -0.344 e. The van der Waals surface area contributed by atoms with Crippen molar-refractivity contribution in [3.8, 4) is 0 Å². The molecule has 0 unspecified atom stereocenters. The first kappa shape index (κ1) is 10.2. The molecule has 0 aliphatic carbocycles. The van der Waals surface area contributed by atoms with Crippen LogP contribution >= 0.6 is 0 Å². The van der Waals surface area contributed by atoms with Crippen LogP contribution in [0.2, 0.25) is 0 Å². The average Bonchev–Trinajstić information content (AvgIpc) is 1.35. The van der Waals surface area contributed by atoms with E-state index >= 15 is 0 Å². The van der Waals surface area contributed by atoms with Gasteiger partial charge >= 0.3 is 8.05 Å². The molecule has 0 aromatic carbocycles. The minimum atomic E-state index is -4.40. The molecule has 3 N–H and O–H groups in total. The molecular formula is H3BClNO4. The molecule has 42 valence electrons. The molecule has 7 heavy (non-hydrogen) atoms. The highest BCUT2D eigenvalue weighted by Crippen LogP contribution is 1.76. The fourth-order valence-electron chi connectivity index (χ4n) is 0. The topological polar surface area (TPSA) is 113 Å². The van der Waals surface area contributed by atoms with Gasteiger partial charge in [0, 0.05) is 0 Å². The molecule has 0 aromatic heterocycles. The van der Waals surface area contributed by atoms with E-state index in [4.69, 9.17) is 14.0 Å². The van der Waals surface area contributed by atoms with Crippen molar-refractivity contribution in [2.75, 3.05) is 0 Å². The van der Waals surface area contributed by atoms with E-state index in [1.54, 1.807) is 0 Å². The maximum Gasteiger partial charge on any atom is 0.539 e. The Morgan fingerprint density at radius 1 is 1.29 bits per heavy atom. The molecule has 0 bridgehead atoms. The highest BCUT2D eigenvalue weighted by atomic mass is 35.7. The fourth-order valence-corrected chi connectivity index (χ4v) is 0. The highest BCUT2D eigenvalue weighted by molar-refractivity contribution is 5.97. The summed E-state index contributed by atoms with van der Waals surface area (Å²) >= 11 is 0. The maximum absolute atomic E-state index is 9.07. The Morgan fingerprint density at radius 2 is 1.43 bits per heavy atom. The first-order chi connectivity index (χ1) is 2.56. The normalized spacial score (nSPS) is 10.1. The van der Waals surface area contributed by atoms with Crippen LogP contribution < -0.4 is 20.1 Å². The maximum atomic E-state index is 9.07. The third kappa shape index (κ3) is 10.7. The molecule has 5 nitrogen and oxygen atoms in total. The summed E-state index contributed by atoms with van der Waals surface area (Å²) in [5.74, 6) is 0. The molecule has 7 heteroatoms. The van der Waals surface area contributed by atoms with Gasteiger partial charge in [-0.15, -0.1) is 0 Å². The zero-order valence-electron chi connectivity index (χ0n) is 3.30. The van der Waals surface area contributed by atoms with Crippen molar-refractivity contribution in [2.45, 2.75) is 0 Å². The summed E-state index contributed by atoms with van der Waals surface area (Å²) in [4.78, 5) is 0. The third-order valence-electron chi connectivity index (χ3n) is 0.109. The van der Waals surface area contributed by atoms with Gasteiger partial charge < -0.3 is 6.15 Å². The van der Waals surface area contributed by atoms with Gasteiger partial charge in [0.05, 0.1) is 10.2 Å². The third-order valence-corrected chi connectivity index (χ3v) is 0.327. The molecule has 2 radical (unpaired) electrons. The summed E-state index contributed by atoms with van der Waals surface area (Å²) in [6.07, 6.45) is 0. The van der Waals surface area contributed by atoms with E-state index in [1.165, 1.54) is 0 Å². The van der Waals surface area contributed by atoms with Crippen molar-refractivity contribution in [1.82, 2.24) is 6.15 Å². The largest absolute Gasteiger partial charge is 0.539 e. The monoisotopic (exact) mass is 127 g/mol. The molecular weight excluding hydrogens is 124 g/mol. The van der Waals surface area contributed by atoms with Crippen LogP contribution in [0, 0.1) is 10.2 Å². The lowest BCUT2D eigenvalue weighted by atomic mass is 10.6. The summed E-state index contributed by atoms with van der Waals surface area (Å²) in [6.45, 7) is 0. The Bertz CT molecular complexity index is 41.4. The molecule has 0 saturated heterocycles. The Balaban J connectivity index is 0. The van der Waals surface area contributed by atoms with Crippen LogP contribution in [0.1, 0.15) is 0 Å². The van der Waals surface area contributed by atoms with E-state index < -0.39 is 10.2 Å². The smallest absolute Gasteiger partial charge is 0.344 e. The quantitative estimate of drug-likeness (QED) is 0.362. The molecule has 0 heterocycles. The van der Waals surface area contributed by atoms with Gasteiger partial charge in [-0.1, -0.05) is 0 Å². The highest BCUT2D eigenvalue weighted by Gasteiger charge is 2.07. The lowest BCUT2D eigenvalue weighted by molar-refractivity contribution is -1.91. The summed E-state index contributed by atoms with van der Waals surface area (Å²) in [6, 6.07) is 0. The van der Waals surface area contributed by atoms with Crippen molar-refractivity contribution in [2.24, 2.45) is 0 Å². The first-order valence-corrected chi connectivity index (χ1v) is 2.09. The van der Waals surface area contributed by atoms with Crippen molar-refractivity contribution in [3.05, 3.63) is 0 Å². The first-order valence-electron chi connectivity index (χ1n) is 0.853. The van der Waals surface area contributed by atoms with Gasteiger partial charge in [-0.25, -0.2) is 0 Å². The van der Waals surface area contributed by atoms with Gasteiger partial charge in [0.15, 0.2) is 0 Å². The van der Waals surface area contributed by atoms with Crippen LogP contribution in [0.25, 0.3) is 0 Å². The van der Waals surface area contributed by atoms with E-state index in [0.29, 0.717) is 0 Å². The predicted octanol–water partition coefficient (Wildman–Crippen LogP) is -3.85. The number of hydrogen-bond acceptors (Lipinski definition) is 5. The fraction of sp³-hybridized carbons (Fsp3) is 0. The van der Waals surface area contributed by atoms with Crippen LogP contribution in [-0.4, -0.2) is 8.05 Å². The zero-order chi connectivity index (χ0) is 5.21. The van der Waals surface area contributed by atoms with Gasteiger partial charge in [-0.3, -0.25) is 0 Å². The van der Waals surface area contributed by atoms with Crippen molar-refractivity contribution >= 4 is 8.05 Å². The van der Waals surface area contributed by atoms with Crippen LogP contribution in [0.15, 0.2) is 0 Å². The van der Waals surface area contributed by atoms with Crippen LogP contribution in [0.4, 0.5) is 0 Å². The molecule has 0 rings (SSSR count). The van der Waals surface area contributed by atoms with Crippen LogP contribution in [0.5, 0.6) is 0 Å². The van der Waals surface area contributed by atoms with Crippen molar-refractivity contribution in [1.29, 1.82) is 0 Å². The van der Waals surface area contributed by atoms with Gasteiger partial charge in [-0.2, -0.15) is 14.0 Å². The predicted molar refractivity (Wildman–Crippen MR) is 11.9 cm³/mol.